The topological polar surface area (TPSA) is 55.4 Å². The molecule has 0 aromatic heterocycles. The molecular weight excluding hydrogens is 432 g/mol. The van der Waals surface area contributed by atoms with E-state index in [9.17, 15) is 0 Å². The Labute approximate surface area is 199 Å². The van der Waals surface area contributed by atoms with Crippen molar-refractivity contribution in [3.63, 3.8) is 0 Å². The van der Waals surface area contributed by atoms with E-state index in [-0.39, 0.29) is 13.2 Å². The molecule has 0 radical (unpaired) electrons. The predicted molar refractivity (Wildman–Crippen MR) is 128 cm³/mol. The number of ether oxygens (including phenoxy) is 6. The molecule has 174 valence electrons. The molecule has 34 heavy (non-hydrogen) atoms. The number of rotatable bonds is 13. The highest BCUT2D eigenvalue weighted by molar-refractivity contribution is 5.24. The van der Waals surface area contributed by atoms with Gasteiger partial charge < -0.3 is 28.4 Å². The molecule has 0 spiro atoms. The molecule has 4 rings (SSSR count). The van der Waals surface area contributed by atoms with Gasteiger partial charge in [-0.05, 0) is 48.5 Å². The zero-order chi connectivity index (χ0) is 23.3. The zero-order valence-electron chi connectivity index (χ0n) is 18.6. The molecule has 6 heteroatoms. The molecule has 0 heterocycles. The first kappa shape index (κ1) is 23.2. The first-order valence-electron chi connectivity index (χ1n) is 11.0. The van der Waals surface area contributed by atoms with Gasteiger partial charge in [0.05, 0.1) is 13.2 Å². The second-order valence-electron chi connectivity index (χ2n) is 7.04. The van der Waals surface area contributed by atoms with Crippen LogP contribution >= 0.6 is 0 Å². The lowest BCUT2D eigenvalue weighted by molar-refractivity contribution is -0.235. The van der Waals surface area contributed by atoms with Crippen LogP contribution in [0.1, 0.15) is 0 Å². The summed E-state index contributed by atoms with van der Waals surface area (Å²) in [4.78, 5) is 0. The molecule has 0 saturated carbocycles. The number of hydrogen-bond donors (Lipinski definition) is 0. The second-order valence-corrected chi connectivity index (χ2v) is 7.04. The van der Waals surface area contributed by atoms with Crippen molar-refractivity contribution in [2.75, 3.05) is 13.2 Å². The normalized spacial score (nSPS) is 10.8. The van der Waals surface area contributed by atoms with E-state index in [2.05, 4.69) is 0 Å². The quantitative estimate of drug-likeness (QED) is 0.184. The van der Waals surface area contributed by atoms with Crippen molar-refractivity contribution < 1.29 is 28.4 Å². The minimum absolute atomic E-state index is 0.178. The maximum Gasteiger partial charge on any atom is 0.360 e. The van der Waals surface area contributed by atoms with E-state index in [1.807, 2.05) is 121 Å². The summed E-state index contributed by atoms with van der Waals surface area (Å²) in [6.45, 7) is -1.57. The Balaban J connectivity index is 1.34. The maximum absolute atomic E-state index is 5.85. The van der Waals surface area contributed by atoms with E-state index in [4.69, 9.17) is 28.4 Å². The first-order chi connectivity index (χ1) is 16.8. The summed E-state index contributed by atoms with van der Waals surface area (Å²) in [5, 5.41) is 0. The van der Waals surface area contributed by atoms with Gasteiger partial charge in [-0.3, -0.25) is 0 Å². The van der Waals surface area contributed by atoms with Crippen LogP contribution in [0.15, 0.2) is 121 Å². The fourth-order valence-electron chi connectivity index (χ4n) is 2.91. The monoisotopic (exact) mass is 458 g/mol. The average Bonchev–Trinajstić information content (AvgIpc) is 2.89. The second kappa shape index (κ2) is 12.9. The molecule has 0 saturated heterocycles. The third-order valence-electron chi connectivity index (χ3n) is 4.49. The molecular formula is C28H26O6. The van der Waals surface area contributed by atoms with Crippen LogP contribution in [-0.2, 0) is 9.47 Å². The molecule has 4 aromatic rings. The molecule has 0 N–H and O–H groups in total. The SMILES string of the molecule is c1ccc(OC(OCCOC(Oc2ccccc2)Oc2ccccc2)Oc2ccccc2)cc1. The highest BCUT2D eigenvalue weighted by Crippen LogP contribution is 2.18. The molecule has 0 bridgehead atoms. The molecule has 0 unspecified atom stereocenters. The summed E-state index contributed by atoms with van der Waals surface area (Å²) in [5.41, 5.74) is 0. The van der Waals surface area contributed by atoms with Crippen molar-refractivity contribution in [3.8, 4) is 23.0 Å². The van der Waals surface area contributed by atoms with Crippen molar-refractivity contribution in [1.82, 2.24) is 0 Å². The van der Waals surface area contributed by atoms with Crippen LogP contribution < -0.4 is 18.9 Å². The summed E-state index contributed by atoms with van der Waals surface area (Å²) < 4.78 is 35.1. The fourth-order valence-corrected chi connectivity index (χ4v) is 2.91. The lowest BCUT2D eigenvalue weighted by atomic mass is 10.3. The highest BCUT2D eigenvalue weighted by atomic mass is 16.9. The highest BCUT2D eigenvalue weighted by Gasteiger charge is 2.16. The van der Waals surface area contributed by atoms with E-state index in [1.165, 1.54) is 0 Å². The van der Waals surface area contributed by atoms with Crippen molar-refractivity contribution in [1.29, 1.82) is 0 Å². The van der Waals surface area contributed by atoms with Crippen LogP contribution in [0.5, 0.6) is 23.0 Å². The first-order valence-corrected chi connectivity index (χ1v) is 11.0. The van der Waals surface area contributed by atoms with Crippen molar-refractivity contribution in [2.24, 2.45) is 0 Å². The van der Waals surface area contributed by atoms with Crippen molar-refractivity contribution >= 4 is 0 Å². The van der Waals surface area contributed by atoms with E-state index in [1.54, 1.807) is 0 Å². The van der Waals surface area contributed by atoms with Gasteiger partial charge in [0.15, 0.2) is 0 Å². The van der Waals surface area contributed by atoms with Crippen LogP contribution in [0.4, 0.5) is 0 Å². The molecule has 6 nitrogen and oxygen atoms in total. The Morgan fingerprint density at radius 1 is 0.353 bits per heavy atom. The Kier molecular flexibility index (Phi) is 8.78. The van der Waals surface area contributed by atoms with Gasteiger partial charge in [-0.2, -0.15) is 0 Å². The Morgan fingerprint density at radius 2 is 0.588 bits per heavy atom. The van der Waals surface area contributed by atoms with Gasteiger partial charge in [0.2, 0.25) is 0 Å². The molecule has 0 atom stereocenters. The molecule has 0 aliphatic heterocycles. The third-order valence-corrected chi connectivity index (χ3v) is 4.49. The standard InChI is InChI=1S/C28H26O6/c1-5-13-23(14-6-1)31-27(32-24-15-7-2-8-16-24)29-21-22-30-28(33-25-17-9-3-10-18-25)34-26-19-11-4-12-20-26/h1-20,27-28H,21-22H2. The van der Waals surface area contributed by atoms with E-state index in [0.29, 0.717) is 23.0 Å². The summed E-state index contributed by atoms with van der Waals surface area (Å²) >= 11 is 0. The summed E-state index contributed by atoms with van der Waals surface area (Å²) in [7, 11) is 0. The third kappa shape index (κ3) is 7.85. The van der Waals surface area contributed by atoms with E-state index >= 15 is 0 Å². The van der Waals surface area contributed by atoms with Crippen LogP contribution in [0.3, 0.4) is 0 Å². The maximum atomic E-state index is 5.85. The Hall–Kier alpha value is -4.00. The lowest BCUT2D eigenvalue weighted by Gasteiger charge is -2.22. The van der Waals surface area contributed by atoms with Gasteiger partial charge in [0.1, 0.15) is 23.0 Å². The fraction of sp³-hybridized carbons (Fsp3) is 0.143. The van der Waals surface area contributed by atoms with Crippen LogP contribution in [0.25, 0.3) is 0 Å². The molecule has 0 fully saturated rings. The minimum Gasteiger partial charge on any atom is -0.432 e. The average molecular weight is 459 g/mol. The predicted octanol–water partition coefficient (Wildman–Crippen LogP) is 5.90. The van der Waals surface area contributed by atoms with Crippen molar-refractivity contribution in [3.05, 3.63) is 121 Å². The largest absolute Gasteiger partial charge is 0.432 e. The molecule has 4 aromatic carbocycles. The van der Waals surface area contributed by atoms with E-state index in [0.717, 1.165) is 0 Å². The van der Waals surface area contributed by atoms with E-state index < -0.39 is 13.0 Å². The van der Waals surface area contributed by atoms with Gasteiger partial charge in [0.25, 0.3) is 0 Å². The van der Waals surface area contributed by atoms with Crippen LogP contribution in [0, 0.1) is 0 Å². The molecule has 0 amide bonds. The Bertz CT molecular complexity index is 889. The summed E-state index contributed by atoms with van der Waals surface area (Å²) in [6, 6.07) is 37.3. The lowest BCUT2D eigenvalue weighted by Crippen LogP contribution is -2.32. The summed E-state index contributed by atoms with van der Waals surface area (Å²) in [6.07, 6.45) is 0. The van der Waals surface area contributed by atoms with Crippen molar-refractivity contribution in [2.45, 2.75) is 13.0 Å². The summed E-state index contributed by atoms with van der Waals surface area (Å²) in [5.74, 6) is 2.51. The van der Waals surface area contributed by atoms with Crippen LogP contribution in [-0.4, -0.2) is 26.2 Å². The van der Waals surface area contributed by atoms with Gasteiger partial charge in [-0.15, -0.1) is 0 Å². The number of para-hydroxylation sites is 4. The van der Waals surface area contributed by atoms with Gasteiger partial charge in [-0.1, -0.05) is 72.8 Å². The van der Waals surface area contributed by atoms with Gasteiger partial charge in [-0.25, -0.2) is 0 Å². The zero-order valence-corrected chi connectivity index (χ0v) is 18.6. The number of hydrogen-bond acceptors (Lipinski definition) is 6. The number of benzene rings is 4. The molecule has 0 aliphatic rings. The smallest absolute Gasteiger partial charge is 0.360 e. The van der Waals surface area contributed by atoms with Gasteiger partial charge >= 0.3 is 13.0 Å². The van der Waals surface area contributed by atoms with Crippen LogP contribution in [0.2, 0.25) is 0 Å². The minimum atomic E-state index is -0.961. The Morgan fingerprint density at radius 3 is 0.824 bits per heavy atom. The van der Waals surface area contributed by atoms with Gasteiger partial charge in [0, 0.05) is 0 Å². The molecule has 0 aliphatic carbocycles.